The van der Waals surface area contributed by atoms with E-state index in [0.29, 0.717) is 22.9 Å². The lowest BCUT2D eigenvalue weighted by molar-refractivity contribution is 0.377. The van der Waals surface area contributed by atoms with Gasteiger partial charge in [0.05, 0.1) is 18.0 Å². The van der Waals surface area contributed by atoms with Crippen LogP contribution < -0.4 is 4.74 Å². The molecule has 8 heteroatoms. The first kappa shape index (κ1) is 19.4. The molecule has 142 valence electrons. The van der Waals surface area contributed by atoms with E-state index in [0.717, 1.165) is 5.56 Å². The van der Waals surface area contributed by atoms with E-state index in [1.54, 1.807) is 43.6 Å². The molecule has 1 atom stereocenters. The summed E-state index contributed by atoms with van der Waals surface area (Å²) in [4.78, 5) is 0.161. The molecule has 0 spiro atoms. The van der Waals surface area contributed by atoms with Crippen molar-refractivity contribution in [2.24, 2.45) is 9.50 Å². The van der Waals surface area contributed by atoms with Gasteiger partial charge in [-0.2, -0.15) is 13.5 Å². The number of rotatable bonds is 4. The molecule has 0 N–H and O–H groups in total. The van der Waals surface area contributed by atoms with E-state index in [-0.39, 0.29) is 10.9 Å². The predicted molar refractivity (Wildman–Crippen MR) is 110 cm³/mol. The number of sulfonamides is 1. The van der Waals surface area contributed by atoms with E-state index >= 15 is 0 Å². The zero-order chi connectivity index (χ0) is 19.4. The Morgan fingerprint density at radius 2 is 2.00 bits per heavy atom. The maximum atomic E-state index is 12.9. The molecule has 0 fully saturated rings. The lowest BCUT2D eigenvalue weighted by Gasteiger charge is -2.24. The highest BCUT2D eigenvalue weighted by Gasteiger charge is 2.28. The lowest BCUT2D eigenvalue weighted by Crippen LogP contribution is -2.25. The fraction of sp³-hybridized carbons (Fsp3) is 0.263. The van der Waals surface area contributed by atoms with E-state index in [9.17, 15) is 8.42 Å². The van der Waals surface area contributed by atoms with Gasteiger partial charge in [0.25, 0.3) is 10.0 Å². The fourth-order valence-electron chi connectivity index (χ4n) is 2.91. The number of ether oxygens (including phenoxy) is 1. The number of thioether (sulfide) groups is 1. The molecular weight excluding hydrogens is 382 g/mol. The third kappa shape index (κ3) is 4.17. The third-order valence-corrected chi connectivity index (χ3v) is 6.44. The summed E-state index contributed by atoms with van der Waals surface area (Å²) in [5.41, 5.74) is 1.65. The van der Waals surface area contributed by atoms with Crippen molar-refractivity contribution in [1.82, 2.24) is 5.01 Å². The van der Waals surface area contributed by atoms with Crippen LogP contribution in [0.3, 0.4) is 0 Å². The summed E-state index contributed by atoms with van der Waals surface area (Å²) in [6.07, 6.45) is 4.28. The van der Waals surface area contributed by atoms with Gasteiger partial charge in [-0.1, -0.05) is 42.1 Å². The first-order valence-corrected chi connectivity index (χ1v) is 11.0. The standard InChI is InChI=1S/C19H21N3O3S2/c1-14-13-16(25-2)9-10-18(14)27(23,24)21-19(26-3)22-17(11-12-20-22)15-7-5-4-6-8-15/h4-10,12-13,17H,11H2,1-3H3. The maximum Gasteiger partial charge on any atom is 0.285 e. The molecule has 1 heterocycles. The highest BCUT2D eigenvalue weighted by Crippen LogP contribution is 2.31. The van der Waals surface area contributed by atoms with Crippen molar-refractivity contribution in [3.05, 3.63) is 59.7 Å². The van der Waals surface area contributed by atoms with Crippen LogP contribution >= 0.6 is 11.8 Å². The quantitative estimate of drug-likeness (QED) is 0.573. The first-order chi connectivity index (χ1) is 13.0. The Balaban J connectivity index is 1.96. The Bertz CT molecular complexity index is 973. The highest BCUT2D eigenvalue weighted by molar-refractivity contribution is 8.13. The van der Waals surface area contributed by atoms with Crippen LogP contribution in [-0.4, -0.2) is 38.2 Å². The molecule has 1 unspecified atom stereocenters. The first-order valence-electron chi connectivity index (χ1n) is 8.36. The van der Waals surface area contributed by atoms with Crippen LogP contribution in [0, 0.1) is 6.92 Å². The van der Waals surface area contributed by atoms with Crippen molar-refractivity contribution in [1.29, 1.82) is 0 Å². The van der Waals surface area contributed by atoms with Gasteiger partial charge < -0.3 is 4.74 Å². The second-order valence-corrected chi connectivity index (χ2v) is 8.34. The van der Waals surface area contributed by atoms with Gasteiger partial charge in [-0.15, -0.1) is 4.40 Å². The molecule has 1 aliphatic rings. The zero-order valence-electron chi connectivity index (χ0n) is 15.4. The Kier molecular flexibility index (Phi) is 5.86. The number of hydrogen-bond acceptors (Lipinski definition) is 5. The van der Waals surface area contributed by atoms with Gasteiger partial charge in [-0.05, 0) is 42.5 Å². The number of nitrogens with zero attached hydrogens (tertiary/aromatic N) is 3. The van der Waals surface area contributed by atoms with E-state index in [1.807, 2.05) is 30.3 Å². The second kappa shape index (κ2) is 8.14. The van der Waals surface area contributed by atoms with Crippen LogP contribution in [0.25, 0.3) is 0 Å². The Hall–Kier alpha value is -2.32. The third-order valence-electron chi connectivity index (χ3n) is 4.25. The molecule has 2 aromatic carbocycles. The zero-order valence-corrected chi connectivity index (χ0v) is 17.0. The Morgan fingerprint density at radius 3 is 2.63 bits per heavy atom. The molecule has 0 radical (unpaired) electrons. The summed E-state index contributed by atoms with van der Waals surface area (Å²) in [7, 11) is -2.33. The summed E-state index contributed by atoms with van der Waals surface area (Å²) in [6, 6.07) is 14.6. The number of hydrazone groups is 1. The molecule has 0 aromatic heterocycles. The molecule has 0 saturated heterocycles. The molecule has 2 aromatic rings. The van der Waals surface area contributed by atoms with Crippen LogP contribution in [0.1, 0.15) is 23.6 Å². The van der Waals surface area contributed by atoms with E-state index in [4.69, 9.17) is 4.74 Å². The minimum absolute atomic E-state index is 0.0652. The number of methoxy groups -OCH3 is 1. The van der Waals surface area contributed by atoms with Crippen LogP contribution in [0.5, 0.6) is 5.75 Å². The van der Waals surface area contributed by atoms with Crippen molar-refractivity contribution in [2.75, 3.05) is 13.4 Å². The van der Waals surface area contributed by atoms with Gasteiger partial charge in [-0.25, -0.2) is 5.01 Å². The second-order valence-electron chi connectivity index (χ2n) is 5.99. The van der Waals surface area contributed by atoms with Crippen molar-refractivity contribution < 1.29 is 13.2 Å². The average molecular weight is 404 g/mol. The number of benzene rings is 2. The van der Waals surface area contributed by atoms with Gasteiger partial charge in [0.15, 0.2) is 5.17 Å². The van der Waals surface area contributed by atoms with Crippen molar-refractivity contribution in [3.8, 4) is 5.75 Å². The van der Waals surface area contributed by atoms with Gasteiger partial charge in [-0.3, -0.25) is 0 Å². The van der Waals surface area contributed by atoms with Gasteiger partial charge >= 0.3 is 0 Å². The molecule has 1 aliphatic heterocycles. The average Bonchev–Trinajstić information content (AvgIpc) is 3.16. The molecule has 0 aliphatic carbocycles. The van der Waals surface area contributed by atoms with Crippen molar-refractivity contribution in [2.45, 2.75) is 24.3 Å². The maximum absolute atomic E-state index is 12.9. The van der Waals surface area contributed by atoms with Crippen molar-refractivity contribution in [3.63, 3.8) is 0 Å². The molecule has 0 saturated carbocycles. The minimum atomic E-state index is -3.87. The predicted octanol–water partition coefficient (Wildman–Crippen LogP) is 3.84. The topological polar surface area (TPSA) is 71.3 Å². The van der Waals surface area contributed by atoms with E-state index < -0.39 is 10.0 Å². The summed E-state index contributed by atoms with van der Waals surface area (Å²) < 4.78 is 35.0. The fourth-order valence-corrected chi connectivity index (χ4v) is 4.96. The van der Waals surface area contributed by atoms with Crippen LogP contribution in [0.2, 0.25) is 0 Å². The summed E-state index contributed by atoms with van der Waals surface area (Å²) in [5.74, 6) is 0.605. The van der Waals surface area contributed by atoms with Gasteiger partial charge in [0, 0.05) is 12.6 Å². The van der Waals surface area contributed by atoms with Crippen LogP contribution in [0.15, 0.2) is 62.9 Å². The van der Waals surface area contributed by atoms with E-state index in [1.165, 1.54) is 17.8 Å². The Morgan fingerprint density at radius 1 is 1.26 bits per heavy atom. The normalized spacial score (nSPS) is 17.4. The highest BCUT2D eigenvalue weighted by atomic mass is 32.2. The molecule has 0 bridgehead atoms. The largest absolute Gasteiger partial charge is 0.497 e. The van der Waals surface area contributed by atoms with Crippen LogP contribution in [-0.2, 0) is 10.0 Å². The SMILES string of the molecule is COc1ccc(S(=O)(=O)N=C(SC)N2N=CCC2c2ccccc2)c(C)c1. The van der Waals surface area contributed by atoms with Gasteiger partial charge in [0.1, 0.15) is 5.75 Å². The number of amidine groups is 1. The van der Waals surface area contributed by atoms with Crippen LogP contribution in [0.4, 0.5) is 0 Å². The molecule has 3 rings (SSSR count). The molecule has 0 amide bonds. The Labute approximate surface area is 164 Å². The smallest absolute Gasteiger partial charge is 0.285 e. The molecule has 27 heavy (non-hydrogen) atoms. The van der Waals surface area contributed by atoms with Gasteiger partial charge in [0.2, 0.25) is 0 Å². The van der Waals surface area contributed by atoms with E-state index in [2.05, 4.69) is 9.50 Å². The number of aryl methyl sites for hydroxylation is 1. The minimum Gasteiger partial charge on any atom is -0.497 e. The van der Waals surface area contributed by atoms with Crippen molar-refractivity contribution >= 4 is 33.2 Å². The summed E-state index contributed by atoms with van der Waals surface area (Å²) >= 11 is 1.26. The summed E-state index contributed by atoms with van der Waals surface area (Å²) in [6.45, 7) is 1.73. The monoisotopic (exact) mass is 403 g/mol. The number of hydrogen-bond donors (Lipinski definition) is 0. The molecular formula is C19H21N3O3S2. The lowest BCUT2D eigenvalue weighted by atomic mass is 10.1. The summed E-state index contributed by atoms with van der Waals surface area (Å²) in [5, 5.41) is 6.38. The molecule has 6 nitrogen and oxygen atoms in total.